The highest BCUT2D eigenvalue weighted by molar-refractivity contribution is 9.10. The predicted octanol–water partition coefficient (Wildman–Crippen LogP) is 4.42. The highest BCUT2D eigenvalue weighted by atomic mass is 79.9. The molecule has 0 spiro atoms. The van der Waals surface area contributed by atoms with Gasteiger partial charge in [0, 0.05) is 12.1 Å². The molecule has 0 aliphatic rings. The number of halogens is 4. The molecule has 0 saturated heterocycles. The number of carbonyl (C=O) groups excluding carboxylic acids is 1. The van der Waals surface area contributed by atoms with E-state index in [1.165, 1.54) is 38.5 Å². The normalized spacial score (nSPS) is 11.1. The smallest absolute Gasteiger partial charge is 0.416 e. The molecule has 0 aromatic heterocycles. The Morgan fingerprint density at radius 3 is 2.24 bits per heavy atom. The first-order chi connectivity index (χ1) is 11.8. The maximum Gasteiger partial charge on any atom is 0.416 e. The van der Waals surface area contributed by atoms with Crippen LogP contribution in [0.1, 0.15) is 21.5 Å². The Morgan fingerprint density at radius 1 is 1.12 bits per heavy atom. The number of methoxy groups -OCH3 is 2. The zero-order valence-electron chi connectivity index (χ0n) is 13.4. The lowest BCUT2D eigenvalue weighted by Gasteiger charge is -2.12. The second-order valence-corrected chi connectivity index (χ2v) is 5.87. The summed E-state index contributed by atoms with van der Waals surface area (Å²) >= 11 is 3.30. The lowest BCUT2D eigenvalue weighted by atomic mass is 10.1. The summed E-state index contributed by atoms with van der Waals surface area (Å²) in [7, 11) is 2.90. The maximum atomic E-state index is 12.7. The van der Waals surface area contributed by atoms with Crippen LogP contribution in [0.4, 0.5) is 13.2 Å². The fourth-order valence-electron chi connectivity index (χ4n) is 2.14. The summed E-state index contributed by atoms with van der Waals surface area (Å²) in [6.07, 6.45) is -4.42. The molecule has 1 amide bonds. The van der Waals surface area contributed by atoms with Gasteiger partial charge in [0.05, 0.1) is 19.8 Å². The van der Waals surface area contributed by atoms with Crippen molar-refractivity contribution in [2.24, 2.45) is 0 Å². The summed E-state index contributed by atoms with van der Waals surface area (Å²) in [5.41, 5.74) is -0.144. The van der Waals surface area contributed by atoms with Crippen LogP contribution in [0.25, 0.3) is 0 Å². The third-order valence-electron chi connectivity index (χ3n) is 3.42. The van der Waals surface area contributed by atoms with Crippen LogP contribution in [-0.2, 0) is 12.7 Å². The van der Waals surface area contributed by atoms with Gasteiger partial charge in [0.2, 0.25) is 0 Å². The van der Waals surface area contributed by atoms with Gasteiger partial charge in [-0.15, -0.1) is 0 Å². The molecule has 0 radical (unpaired) electrons. The molecule has 0 aliphatic heterocycles. The number of hydrogen-bond acceptors (Lipinski definition) is 3. The summed E-state index contributed by atoms with van der Waals surface area (Å²) in [5, 5.41) is 2.58. The number of hydrogen-bond donors (Lipinski definition) is 1. The van der Waals surface area contributed by atoms with Gasteiger partial charge in [0.25, 0.3) is 5.91 Å². The molecular weight excluding hydrogens is 403 g/mol. The van der Waals surface area contributed by atoms with Crippen LogP contribution in [-0.4, -0.2) is 20.1 Å². The molecule has 0 bridgehead atoms. The third kappa shape index (κ3) is 4.66. The van der Waals surface area contributed by atoms with E-state index in [2.05, 4.69) is 21.2 Å². The van der Waals surface area contributed by atoms with E-state index in [0.29, 0.717) is 21.5 Å². The van der Waals surface area contributed by atoms with Gasteiger partial charge in [-0.1, -0.05) is 12.1 Å². The lowest BCUT2D eigenvalue weighted by molar-refractivity contribution is -0.137. The summed E-state index contributed by atoms with van der Waals surface area (Å²) in [6, 6.07) is 7.81. The quantitative estimate of drug-likeness (QED) is 0.783. The summed E-state index contributed by atoms with van der Waals surface area (Å²) in [6.45, 7) is -0.0382. The van der Waals surface area contributed by atoms with E-state index in [9.17, 15) is 18.0 Å². The number of rotatable bonds is 5. The number of alkyl halides is 3. The Morgan fingerprint density at radius 2 is 1.72 bits per heavy atom. The molecule has 0 fully saturated rings. The van der Waals surface area contributed by atoms with Gasteiger partial charge in [0.1, 0.15) is 16.0 Å². The molecule has 8 heteroatoms. The third-order valence-corrected chi connectivity index (χ3v) is 4.20. The maximum absolute atomic E-state index is 12.7. The summed E-state index contributed by atoms with van der Waals surface area (Å²) < 4.78 is 49.0. The van der Waals surface area contributed by atoms with Crippen molar-refractivity contribution in [3.05, 3.63) is 57.6 Å². The van der Waals surface area contributed by atoms with Crippen LogP contribution in [0.3, 0.4) is 0 Å². The average Bonchev–Trinajstić information content (AvgIpc) is 2.59. The standard InChI is InChI=1S/C17H15BrF3NO3/c1-24-13-7-11(8-14(25-2)15(13)18)16(23)22-9-10-4-3-5-12(6-10)17(19,20)21/h3-8H,9H2,1-2H3,(H,22,23). The SMILES string of the molecule is COc1cc(C(=O)NCc2cccc(C(F)(F)F)c2)cc(OC)c1Br. The van der Waals surface area contributed by atoms with Crippen molar-refractivity contribution >= 4 is 21.8 Å². The van der Waals surface area contributed by atoms with E-state index in [4.69, 9.17) is 9.47 Å². The van der Waals surface area contributed by atoms with E-state index in [-0.39, 0.29) is 12.1 Å². The number of benzene rings is 2. The first kappa shape index (κ1) is 19.1. The van der Waals surface area contributed by atoms with Gasteiger partial charge < -0.3 is 14.8 Å². The van der Waals surface area contributed by atoms with E-state index in [1.807, 2.05) is 0 Å². The van der Waals surface area contributed by atoms with E-state index in [0.717, 1.165) is 12.1 Å². The predicted molar refractivity (Wildman–Crippen MR) is 89.9 cm³/mol. The first-order valence-corrected chi connectivity index (χ1v) is 7.91. The van der Waals surface area contributed by atoms with Crippen LogP contribution >= 0.6 is 15.9 Å². The van der Waals surface area contributed by atoms with Gasteiger partial charge >= 0.3 is 6.18 Å². The zero-order chi connectivity index (χ0) is 18.6. The number of carbonyl (C=O) groups is 1. The summed E-state index contributed by atoms with van der Waals surface area (Å²) in [5.74, 6) is 0.355. The Hall–Kier alpha value is -2.22. The van der Waals surface area contributed by atoms with Crippen molar-refractivity contribution in [2.75, 3.05) is 14.2 Å². The zero-order valence-corrected chi connectivity index (χ0v) is 15.0. The minimum absolute atomic E-state index is 0.0382. The molecule has 2 aromatic carbocycles. The van der Waals surface area contributed by atoms with Crippen LogP contribution in [0.2, 0.25) is 0 Å². The van der Waals surface area contributed by atoms with Gasteiger partial charge in [-0.25, -0.2) is 0 Å². The topological polar surface area (TPSA) is 47.6 Å². The Balaban J connectivity index is 2.16. The second-order valence-electron chi connectivity index (χ2n) is 5.08. The number of ether oxygens (including phenoxy) is 2. The highest BCUT2D eigenvalue weighted by Crippen LogP contribution is 2.35. The Bertz CT molecular complexity index is 753. The molecule has 0 unspecified atom stereocenters. The van der Waals surface area contributed by atoms with Crippen LogP contribution in [0, 0.1) is 0 Å². The van der Waals surface area contributed by atoms with Crippen molar-refractivity contribution in [1.82, 2.24) is 5.32 Å². The largest absolute Gasteiger partial charge is 0.495 e. The van der Waals surface area contributed by atoms with Crippen LogP contribution < -0.4 is 14.8 Å². The molecule has 0 saturated carbocycles. The first-order valence-electron chi connectivity index (χ1n) is 7.12. The van der Waals surface area contributed by atoms with Crippen molar-refractivity contribution < 1.29 is 27.4 Å². The summed E-state index contributed by atoms with van der Waals surface area (Å²) in [4.78, 5) is 12.3. The van der Waals surface area contributed by atoms with Crippen molar-refractivity contribution in [2.45, 2.75) is 12.7 Å². The lowest BCUT2D eigenvalue weighted by Crippen LogP contribution is -2.23. The molecule has 4 nitrogen and oxygen atoms in total. The molecular formula is C17H15BrF3NO3. The van der Waals surface area contributed by atoms with Crippen molar-refractivity contribution in [3.8, 4) is 11.5 Å². The fraction of sp³-hybridized carbons (Fsp3) is 0.235. The highest BCUT2D eigenvalue weighted by Gasteiger charge is 2.30. The van der Waals surface area contributed by atoms with Gasteiger partial charge in [-0.05, 0) is 45.8 Å². The van der Waals surface area contributed by atoms with Gasteiger partial charge in [-0.3, -0.25) is 4.79 Å². The van der Waals surface area contributed by atoms with Crippen molar-refractivity contribution in [3.63, 3.8) is 0 Å². The van der Waals surface area contributed by atoms with Crippen LogP contribution in [0.5, 0.6) is 11.5 Å². The number of amides is 1. The molecule has 134 valence electrons. The molecule has 0 atom stereocenters. The average molecular weight is 418 g/mol. The Labute approximate surface area is 151 Å². The minimum Gasteiger partial charge on any atom is -0.495 e. The van der Waals surface area contributed by atoms with E-state index in [1.54, 1.807) is 0 Å². The molecule has 2 rings (SSSR count). The van der Waals surface area contributed by atoms with Crippen LogP contribution in [0.15, 0.2) is 40.9 Å². The molecule has 0 aliphatic carbocycles. The number of nitrogens with one attached hydrogen (secondary N) is 1. The van der Waals surface area contributed by atoms with E-state index >= 15 is 0 Å². The molecule has 0 heterocycles. The monoisotopic (exact) mass is 417 g/mol. The minimum atomic E-state index is -4.42. The fourth-order valence-corrected chi connectivity index (χ4v) is 2.70. The van der Waals surface area contributed by atoms with Gasteiger partial charge in [-0.2, -0.15) is 13.2 Å². The molecule has 2 aromatic rings. The van der Waals surface area contributed by atoms with Gasteiger partial charge in [0.15, 0.2) is 0 Å². The van der Waals surface area contributed by atoms with E-state index < -0.39 is 17.6 Å². The molecule has 1 N–H and O–H groups in total. The second kappa shape index (κ2) is 7.77. The van der Waals surface area contributed by atoms with Crippen molar-refractivity contribution in [1.29, 1.82) is 0 Å². The molecule has 25 heavy (non-hydrogen) atoms. The Kier molecular flexibility index (Phi) is 5.94.